The molecule has 14 heavy (non-hydrogen) atoms. The first-order valence-electron chi connectivity index (χ1n) is 5.59. The van der Waals surface area contributed by atoms with Crippen molar-refractivity contribution in [1.29, 1.82) is 0 Å². The monoisotopic (exact) mass is 200 g/mol. The van der Waals surface area contributed by atoms with E-state index in [1.54, 1.807) is 0 Å². The third-order valence-corrected chi connectivity index (χ3v) is 2.67. The fourth-order valence-corrected chi connectivity index (χ4v) is 1.36. The first-order valence-corrected chi connectivity index (χ1v) is 5.59. The molecule has 0 aliphatic rings. The van der Waals surface area contributed by atoms with Crippen LogP contribution in [-0.2, 0) is 9.53 Å². The maximum atomic E-state index is 11.6. The molecule has 2 nitrogen and oxygen atoms in total. The second kappa shape index (κ2) is 6.18. The fraction of sp³-hybridized carbons (Fsp3) is 0.917. The molecule has 0 fully saturated rings. The van der Waals surface area contributed by atoms with Gasteiger partial charge in [-0.05, 0) is 33.6 Å². The van der Waals surface area contributed by atoms with E-state index in [2.05, 4.69) is 6.92 Å². The van der Waals surface area contributed by atoms with E-state index >= 15 is 0 Å². The summed E-state index contributed by atoms with van der Waals surface area (Å²) in [6.07, 6.45) is 2.40. The van der Waals surface area contributed by atoms with Gasteiger partial charge in [0.1, 0.15) is 5.78 Å². The molecule has 0 spiro atoms. The lowest BCUT2D eigenvalue weighted by atomic mass is 9.94. The summed E-state index contributed by atoms with van der Waals surface area (Å²) in [6.45, 7) is 10.8. The molecule has 0 aliphatic carbocycles. The van der Waals surface area contributed by atoms with Crippen LogP contribution < -0.4 is 0 Å². The van der Waals surface area contributed by atoms with Gasteiger partial charge in [0.05, 0.1) is 5.60 Å². The SMILES string of the molecule is CCOC(C)(C)CCC(=O)C(C)CC. The first kappa shape index (κ1) is 13.6. The van der Waals surface area contributed by atoms with E-state index in [0.717, 1.165) is 12.8 Å². The van der Waals surface area contributed by atoms with Gasteiger partial charge in [-0.25, -0.2) is 0 Å². The van der Waals surface area contributed by atoms with Crippen LogP contribution in [0.15, 0.2) is 0 Å². The Morgan fingerprint density at radius 1 is 1.36 bits per heavy atom. The summed E-state index contributed by atoms with van der Waals surface area (Å²) in [5.41, 5.74) is -0.155. The number of carbonyl (C=O) groups excluding carboxylic acids is 1. The van der Waals surface area contributed by atoms with Gasteiger partial charge in [-0.3, -0.25) is 4.79 Å². The highest BCUT2D eigenvalue weighted by Crippen LogP contribution is 2.18. The van der Waals surface area contributed by atoms with Crippen LogP contribution in [0.5, 0.6) is 0 Å². The Morgan fingerprint density at radius 3 is 2.36 bits per heavy atom. The summed E-state index contributed by atoms with van der Waals surface area (Å²) in [7, 11) is 0. The lowest BCUT2D eigenvalue weighted by molar-refractivity contribution is -0.124. The number of carbonyl (C=O) groups is 1. The van der Waals surface area contributed by atoms with Crippen LogP contribution in [0, 0.1) is 5.92 Å². The van der Waals surface area contributed by atoms with Crippen LogP contribution in [0.25, 0.3) is 0 Å². The van der Waals surface area contributed by atoms with E-state index in [1.807, 2.05) is 27.7 Å². The summed E-state index contributed by atoms with van der Waals surface area (Å²) in [6, 6.07) is 0. The van der Waals surface area contributed by atoms with Gasteiger partial charge < -0.3 is 4.74 Å². The van der Waals surface area contributed by atoms with Crippen molar-refractivity contribution in [1.82, 2.24) is 0 Å². The normalized spacial score (nSPS) is 14.1. The van der Waals surface area contributed by atoms with Crippen molar-refractivity contribution < 1.29 is 9.53 Å². The third kappa shape index (κ3) is 5.38. The zero-order chi connectivity index (χ0) is 11.2. The lowest BCUT2D eigenvalue weighted by Gasteiger charge is -2.24. The molecule has 0 rings (SSSR count). The Kier molecular flexibility index (Phi) is 6.01. The van der Waals surface area contributed by atoms with Crippen molar-refractivity contribution in [3.8, 4) is 0 Å². The van der Waals surface area contributed by atoms with Crippen LogP contribution in [-0.4, -0.2) is 18.0 Å². The molecule has 1 atom stereocenters. The summed E-state index contributed by atoms with van der Waals surface area (Å²) in [5.74, 6) is 0.563. The minimum atomic E-state index is -0.155. The molecule has 0 saturated heterocycles. The zero-order valence-electron chi connectivity index (χ0n) is 10.2. The number of rotatable bonds is 7. The zero-order valence-corrected chi connectivity index (χ0v) is 10.2. The Labute approximate surface area is 88.0 Å². The number of ether oxygens (including phenoxy) is 1. The van der Waals surface area contributed by atoms with Crippen molar-refractivity contribution in [3.63, 3.8) is 0 Å². The number of Topliss-reactive ketones (excluding diaryl/α,β-unsaturated/α-hetero) is 1. The topological polar surface area (TPSA) is 26.3 Å². The summed E-state index contributed by atoms with van der Waals surface area (Å²) in [5, 5.41) is 0. The molecule has 2 heteroatoms. The Balaban J connectivity index is 3.87. The van der Waals surface area contributed by atoms with E-state index in [1.165, 1.54) is 0 Å². The molecule has 0 aromatic rings. The molecule has 1 unspecified atom stereocenters. The first-order chi connectivity index (χ1) is 6.43. The van der Waals surface area contributed by atoms with Crippen LogP contribution in [0.1, 0.15) is 53.9 Å². The highest BCUT2D eigenvalue weighted by molar-refractivity contribution is 5.80. The predicted molar refractivity (Wildman–Crippen MR) is 59.4 cm³/mol. The molecule has 0 aliphatic heterocycles. The van der Waals surface area contributed by atoms with E-state index in [0.29, 0.717) is 18.8 Å². The van der Waals surface area contributed by atoms with Crippen LogP contribution >= 0.6 is 0 Å². The average molecular weight is 200 g/mol. The van der Waals surface area contributed by atoms with Crippen molar-refractivity contribution >= 4 is 5.78 Å². The van der Waals surface area contributed by atoms with Gasteiger partial charge in [0.15, 0.2) is 0 Å². The summed E-state index contributed by atoms with van der Waals surface area (Å²) < 4.78 is 5.54. The van der Waals surface area contributed by atoms with Crippen LogP contribution in [0.4, 0.5) is 0 Å². The van der Waals surface area contributed by atoms with Gasteiger partial charge in [0, 0.05) is 18.9 Å². The molecule has 0 heterocycles. The molecule has 84 valence electrons. The quantitative estimate of drug-likeness (QED) is 0.631. The standard InChI is InChI=1S/C12H24O2/c1-6-10(3)11(13)8-9-12(4,5)14-7-2/h10H,6-9H2,1-5H3. The molecule has 0 N–H and O–H groups in total. The van der Waals surface area contributed by atoms with Gasteiger partial charge in [-0.15, -0.1) is 0 Å². The van der Waals surface area contributed by atoms with E-state index in [4.69, 9.17) is 4.74 Å². The Hall–Kier alpha value is -0.370. The van der Waals surface area contributed by atoms with Crippen molar-refractivity contribution in [2.24, 2.45) is 5.92 Å². The van der Waals surface area contributed by atoms with E-state index in [9.17, 15) is 4.79 Å². The van der Waals surface area contributed by atoms with Gasteiger partial charge in [0.25, 0.3) is 0 Å². The average Bonchev–Trinajstić information content (AvgIpc) is 2.13. The number of hydrogen-bond acceptors (Lipinski definition) is 2. The molecule has 0 bridgehead atoms. The van der Waals surface area contributed by atoms with Crippen LogP contribution in [0.2, 0.25) is 0 Å². The van der Waals surface area contributed by atoms with Crippen molar-refractivity contribution in [2.45, 2.75) is 59.5 Å². The molecular formula is C12H24O2. The van der Waals surface area contributed by atoms with Gasteiger partial charge in [-0.2, -0.15) is 0 Å². The summed E-state index contributed by atoms with van der Waals surface area (Å²) in [4.78, 5) is 11.6. The van der Waals surface area contributed by atoms with E-state index in [-0.39, 0.29) is 11.5 Å². The number of hydrogen-bond donors (Lipinski definition) is 0. The largest absolute Gasteiger partial charge is 0.376 e. The van der Waals surface area contributed by atoms with Gasteiger partial charge >= 0.3 is 0 Å². The third-order valence-electron chi connectivity index (χ3n) is 2.67. The predicted octanol–water partition coefficient (Wildman–Crippen LogP) is 3.20. The molecule has 0 aromatic carbocycles. The summed E-state index contributed by atoms with van der Waals surface area (Å²) >= 11 is 0. The highest BCUT2D eigenvalue weighted by atomic mass is 16.5. The Morgan fingerprint density at radius 2 is 1.93 bits per heavy atom. The Bertz CT molecular complexity index is 173. The maximum absolute atomic E-state index is 11.6. The smallest absolute Gasteiger partial charge is 0.135 e. The van der Waals surface area contributed by atoms with Gasteiger partial charge in [-0.1, -0.05) is 13.8 Å². The molecular weight excluding hydrogens is 176 g/mol. The molecule has 0 radical (unpaired) electrons. The second-order valence-electron chi connectivity index (χ2n) is 4.47. The molecule has 0 saturated carbocycles. The second-order valence-corrected chi connectivity index (χ2v) is 4.47. The van der Waals surface area contributed by atoms with Crippen LogP contribution in [0.3, 0.4) is 0 Å². The number of ketones is 1. The molecule has 0 aromatic heterocycles. The van der Waals surface area contributed by atoms with Crippen molar-refractivity contribution in [3.05, 3.63) is 0 Å². The minimum absolute atomic E-state index is 0.155. The maximum Gasteiger partial charge on any atom is 0.135 e. The lowest BCUT2D eigenvalue weighted by Crippen LogP contribution is -2.26. The molecule has 0 amide bonds. The van der Waals surface area contributed by atoms with E-state index < -0.39 is 0 Å². The highest BCUT2D eigenvalue weighted by Gasteiger charge is 2.20. The van der Waals surface area contributed by atoms with Crippen molar-refractivity contribution in [2.75, 3.05) is 6.61 Å². The van der Waals surface area contributed by atoms with Gasteiger partial charge in [0.2, 0.25) is 0 Å². The minimum Gasteiger partial charge on any atom is -0.376 e. The fourth-order valence-electron chi connectivity index (χ4n) is 1.36.